The first kappa shape index (κ1) is 14.3. The maximum atomic E-state index is 5.80. The highest BCUT2D eigenvalue weighted by atomic mass is 16.5. The lowest BCUT2D eigenvalue weighted by Gasteiger charge is -2.14. The van der Waals surface area contributed by atoms with Crippen LogP contribution in [0.1, 0.15) is 24.3 Å². The van der Waals surface area contributed by atoms with Gasteiger partial charge in [-0.3, -0.25) is 0 Å². The van der Waals surface area contributed by atoms with Crippen LogP contribution in [0.25, 0.3) is 0 Å². The molecule has 1 aromatic heterocycles. The Balaban J connectivity index is 2.18. The van der Waals surface area contributed by atoms with E-state index in [1.807, 2.05) is 25.1 Å². The molecule has 0 aliphatic heterocycles. The van der Waals surface area contributed by atoms with Gasteiger partial charge in [-0.15, -0.1) is 10.2 Å². The lowest BCUT2D eigenvalue weighted by atomic mass is 10.1. The average molecular weight is 277 g/mol. The van der Waals surface area contributed by atoms with Gasteiger partial charge in [0.1, 0.15) is 0 Å². The van der Waals surface area contributed by atoms with Crippen LogP contribution >= 0.6 is 0 Å². The minimum absolute atomic E-state index is 0.211. The van der Waals surface area contributed by atoms with E-state index in [2.05, 4.69) is 10.2 Å². The second kappa shape index (κ2) is 6.91. The Labute approximate surface area is 117 Å². The number of benzene rings is 1. The predicted molar refractivity (Wildman–Crippen MR) is 73.7 cm³/mol. The van der Waals surface area contributed by atoms with Crippen molar-refractivity contribution in [3.05, 3.63) is 35.5 Å². The summed E-state index contributed by atoms with van der Waals surface area (Å²) in [5.74, 6) is 2.35. The quantitative estimate of drug-likeness (QED) is 0.831. The number of aromatic nitrogens is 2. The molecule has 0 radical (unpaired) electrons. The van der Waals surface area contributed by atoms with E-state index >= 15 is 0 Å². The Morgan fingerprint density at radius 1 is 1.25 bits per heavy atom. The predicted octanol–water partition coefficient (Wildman–Crippen LogP) is 1.86. The first-order chi connectivity index (χ1) is 9.74. The number of aryl methyl sites for hydroxylation is 1. The zero-order valence-corrected chi connectivity index (χ0v) is 11.8. The van der Waals surface area contributed by atoms with Crippen LogP contribution in [0.2, 0.25) is 0 Å². The fraction of sp³-hybridized carbons (Fsp3) is 0.429. The van der Waals surface area contributed by atoms with Gasteiger partial charge < -0.3 is 19.6 Å². The van der Waals surface area contributed by atoms with Crippen LogP contribution in [0.4, 0.5) is 0 Å². The van der Waals surface area contributed by atoms with E-state index in [0.29, 0.717) is 36.4 Å². The molecule has 1 heterocycles. The monoisotopic (exact) mass is 277 g/mol. The molecule has 0 aliphatic carbocycles. The van der Waals surface area contributed by atoms with Crippen molar-refractivity contribution in [3.8, 4) is 11.5 Å². The summed E-state index contributed by atoms with van der Waals surface area (Å²) in [7, 11) is 0. The van der Waals surface area contributed by atoms with Crippen LogP contribution in [-0.4, -0.2) is 23.3 Å². The summed E-state index contributed by atoms with van der Waals surface area (Å²) in [6, 6.07) is 5.78. The second-order valence-corrected chi connectivity index (χ2v) is 4.22. The molecule has 0 saturated heterocycles. The average Bonchev–Trinajstić information content (AvgIpc) is 2.84. The zero-order chi connectivity index (χ0) is 14.4. The molecule has 1 aromatic carbocycles. The van der Waals surface area contributed by atoms with E-state index in [1.165, 1.54) is 0 Å². The number of nitrogens with two attached hydrogens (primary N) is 1. The molecule has 0 atom stereocenters. The highest BCUT2D eigenvalue weighted by Crippen LogP contribution is 2.32. The fourth-order valence-electron chi connectivity index (χ4n) is 1.88. The van der Waals surface area contributed by atoms with Crippen LogP contribution in [0.15, 0.2) is 22.6 Å². The van der Waals surface area contributed by atoms with Crippen molar-refractivity contribution >= 4 is 0 Å². The molecule has 0 spiro atoms. The van der Waals surface area contributed by atoms with E-state index in [1.54, 1.807) is 6.92 Å². The van der Waals surface area contributed by atoms with Gasteiger partial charge in [0.05, 0.1) is 6.61 Å². The van der Waals surface area contributed by atoms with Gasteiger partial charge in [-0.05, 0) is 31.5 Å². The van der Waals surface area contributed by atoms with Gasteiger partial charge in [-0.2, -0.15) is 0 Å². The molecule has 0 aliphatic rings. The Bertz CT molecular complexity index is 530. The van der Waals surface area contributed by atoms with Gasteiger partial charge in [-0.1, -0.05) is 12.1 Å². The lowest BCUT2D eigenvalue weighted by Crippen LogP contribution is -2.07. The van der Waals surface area contributed by atoms with E-state index in [9.17, 15) is 0 Å². The maximum Gasteiger partial charge on any atom is 0.253 e. The minimum Gasteiger partial charge on any atom is -0.490 e. The van der Waals surface area contributed by atoms with Gasteiger partial charge in [0, 0.05) is 6.92 Å². The van der Waals surface area contributed by atoms with Crippen molar-refractivity contribution < 1.29 is 13.9 Å². The molecule has 6 nitrogen and oxygen atoms in total. The molecule has 20 heavy (non-hydrogen) atoms. The third-order valence-corrected chi connectivity index (χ3v) is 2.68. The first-order valence-electron chi connectivity index (χ1n) is 6.61. The van der Waals surface area contributed by atoms with Crippen molar-refractivity contribution in [1.29, 1.82) is 0 Å². The van der Waals surface area contributed by atoms with E-state index in [4.69, 9.17) is 19.6 Å². The molecule has 2 rings (SSSR count). The van der Waals surface area contributed by atoms with Crippen molar-refractivity contribution in [2.75, 3.05) is 13.2 Å². The SMILES string of the molecule is CCOc1cccc(CCN)c1OCc1nnc(C)o1. The molecule has 0 fully saturated rings. The number of rotatable bonds is 7. The van der Waals surface area contributed by atoms with Crippen molar-refractivity contribution in [1.82, 2.24) is 10.2 Å². The van der Waals surface area contributed by atoms with Crippen LogP contribution in [0.5, 0.6) is 11.5 Å². The van der Waals surface area contributed by atoms with E-state index < -0.39 is 0 Å². The summed E-state index contributed by atoms with van der Waals surface area (Å²) < 4.78 is 16.7. The fourth-order valence-corrected chi connectivity index (χ4v) is 1.88. The van der Waals surface area contributed by atoms with Crippen molar-refractivity contribution in [2.45, 2.75) is 26.9 Å². The number of hydrogen-bond acceptors (Lipinski definition) is 6. The van der Waals surface area contributed by atoms with Crippen LogP contribution in [0, 0.1) is 6.92 Å². The minimum atomic E-state index is 0.211. The van der Waals surface area contributed by atoms with Crippen molar-refractivity contribution in [3.63, 3.8) is 0 Å². The van der Waals surface area contributed by atoms with Gasteiger partial charge in [0.2, 0.25) is 5.89 Å². The standard InChI is InChI=1S/C14H19N3O3/c1-3-18-12-6-4-5-11(7-8-15)14(12)19-9-13-17-16-10(2)20-13/h4-6H,3,7-9,15H2,1-2H3. The largest absolute Gasteiger partial charge is 0.490 e. The molecular formula is C14H19N3O3. The maximum absolute atomic E-state index is 5.80. The molecule has 108 valence electrons. The van der Waals surface area contributed by atoms with Crippen molar-refractivity contribution in [2.24, 2.45) is 5.73 Å². The Kier molecular flexibility index (Phi) is 4.95. The second-order valence-electron chi connectivity index (χ2n) is 4.22. The zero-order valence-electron chi connectivity index (χ0n) is 11.8. The van der Waals surface area contributed by atoms with Crippen LogP contribution in [-0.2, 0) is 13.0 Å². The lowest BCUT2D eigenvalue weighted by molar-refractivity contribution is 0.238. The van der Waals surface area contributed by atoms with Gasteiger partial charge in [0.25, 0.3) is 5.89 Å². The molecule has 0 unspecified atom stereocenters. The highest BCUT2D eigenvalue weighted by molar-refractivity contribution is 5.46. The molecular weight excluding hydrogens is 258 g/mol. The Morgan fingerprint density at radius 2 is 2.10 bits per heavy atom. The Hall–Kier alpha value is -2.08. The molecule has 0 saturated carbocycles. The van der Waals surface area contributed by atoms with E-state index in [-0.39, 0.29) is 6.61 Å². The summed E-state index contributed by atoms with van der Waals surface area (Å²) in [4.78, 5) is 0. The van der Waals surface area contributed by atoms with Gasteiger partial charge in [-0.25, -0.2) is 0 Å². The van der Waals surface area contributed by atoms with Crippen LogP contribution in [0.3, 0.4) is 0 Å². The van der Waals surface area contributed by atoms with Gasteiger partial charge in [0.15, 0.2) is 18.1 Å². The number of para-hydroxylation sites is 1. The van der Waals surface area contributed by atoms with E-state index in [0.717, 1.165) is 12.0 Å². The molecule has 2 aromatic rings. The normalized spacial score (nSPS) is 10.6. The Morgan fingerprint density at radius 3 is 2.75 bits per heavy atom. The third kappa shape index (κ3) is 3.48. The molecule has 0 amide bonds. The summed E-state index contributed by atoms with van der Waals surface area (Å²) in [5, 5.41) is 7.67. The molecule has 2 N–H and O–H groups in total. The van der Waals surface area contributed by atoms with Gasteiger partial charge >= 0.3 is 0 Å². The number of hydrogen-bond donors (Lipinski definition) is 1. The summed E-state index contributed by atoms with van der Waals surface area (Å²) in [6.45, 7) is 5.00. The summed E-state index contributed by atoms with van der Waals surface area (Å²) >= 11 is 0. The topological polar surface area (TPSA) is 83.4 Å². The molecule has 0 bridgehead atoms. The number of nitrogens with zero attached hydrogens (tertiary/aromatic N) is 2. The smallest absolute Gasteiger partial charge is 0.253 e. The summed E-state index contributed by atoms with van der Waals surface area (Å²) in [6.07, 6.45) is 0.721. The summed E-state index contributed by atoms with van der Waals surface area (Å²) in [5.41, 5.74) is 6.64. The van der Waals surface area contributed by atoms with Crippen LogP contribution < -0.4 is 15.2 Å². The first-order valence-corrected chi connectivity index (χ1v) is 6.61. The number of ether oxygens (including phenoxy) is 2. The molecule has 6 heteroatoms. The highest BCUT2D eigenvalue weighted by Gasteiger charge is 2.12. The third-order valence-electron chi connectivity index (χ3n) is 2.68.